The molecule has 1 aromatic carbocycles. The van der Waals surface area contributed by atoms with E-state index in [0.717, 1.165) is 22.3 Å². The van der Waals surface area contributed by atoms with Crippen molar-refractivity contribution in [3.05, 3.63) is 63.8 Å². The van der Waals surface area contributed by atoms with Gasteiger partial charge in [0.15, 0.2) is 0 Å². The van der Waals surface area contributed by atoms with Gasteiger partial charge in [0.1, 0.15) is 11.1 Å². The Morgan fingerprint density at radius 3 is 2.61 bits per heavy atom. The number of pyridine rings is 1. The van der Waals surface area contributed by atoms with Crippen LogP contribution in [0.1, 0.15) is 27.6 Å². The van der Waals surface area contributed by atoms with Crippen LogP contribution in [0.5, 0.6) is 5.75 Å². The second-order valence-corrected chi connectivity index (χ2v) is 6.42. The molecule has 4 nitrogen and oxygen atoms in total. The number of nitrogens with one attached hydrogen (secondary N) is 1. The number of hydrogen-bond donors (Lipinski definition) is 2. The summed E-state index contributed by atoms with van der Waals surface area (Å²) in [7, 11) is 0. The number of thioether (sulfide) groups is 1. The summed E-state index contributed by atoms with van der Waals surface area (Å²) in [5, 5.41) is 12.7. The Labute approximate surface area is 145 Å². The van der Waals surface area contributed by atoms with Gasteiger partial charge in [0, 0.05) is 18.0 Å². The maximum absolute atomic E-state index is 12.1. The van der Waals surface area contributed by atoms with Crippen molar-refractivity contribution in [3.8, 4) is 5.75 Å². The zero-order chi connectivity index (χ0) is 15.7. The molecule has 1 aromatic heterocycles. The van der Waals surface area contributed by atoms with Gasteiger partial charge in [-0.1, -0.05) is 17.8 Å². The van der Waals surface area contributed by atoms with Crippen molar-refractivity contribution in [2.75, 3.05) is 0 Å². The fraction of sp³-hybridized carbons (Fsp3) is 0.176. The molecule has 1 fully saturated rings. The predicted molar refractivity (Wildman–Crippen MR) is 95.5 cm³/mol. The molecule has 0 spiro atoms. The molecule has 1 amide bonds. The highest BCUT2D eigenvalue weighted by Gasteiger charge is 2.28. The number of carbonyl (C=O) groups is 1. The molecule has 120 valence electrons. The summed E-state index contributed by atoms with van der Waals surface area (Å²) in [5.41, 5.74) is 3.50. The molecule has 0 saturated carbocycles. The molecule has 0 bridgehead atoms. The predicted octanol–water partition coefficient (Wildman–Crippen LogP) is 3.73. The monoisotopic (exact) mass is 348 g/mol. The molecular weight excluding hydrogens is 332 g/mol. The first-order chi connectivity index (χ1) is 10.5. The van der Waals surface area contributed by atoms with Gasteiger partial charge in [-0.3, -0.25) is 9.78 Å². The van der Waals surface area contributed by atoms with Crippen molar-refractivity contribution in [1.29, 1.82) is 0 Å². The van der Waals surface area contributed by atoms with E-state index in [2.05, 4.69) is 10.3 Å². The smallest absolute Gasteiger partial charge is 0.258 e. The lowest BCUT2D eigenvalue weighted by Gasteiger charge is -2.07. The minimum Gasteiger partial charge on any atom is -0.507 e. The SMILES string of the molecule is Cc1cc(C=C2SC(c3cccnc3)NC2=O)cc(C)c1O.Cl. The largest absolute Gasteiger partial charge is 0.507 e. The fourth-order valence-corrected chi connectivity index (χ4v) is 3.47. The molecule has 2 aromatic rings. The number of halogens is 1. The van der Waals surface area contributed by atoms with E-state index in [1.54, 1.807) is 12.4 Å². The van der Waals surface area contributed by atoms with Gasteiger partial charge >= 0.3 is 0 Å². The van der Waals surface area contributed by atoms with Crippen molar-refractivity contribution in [2.45, 2.75) is 19.2 Å². The van der Waals surface area contributed by atoms with Gasteiger partial charge in [-0.2, -0.15) is 0 Å². The molecule has 1 atom stereocenters. The summed E-state index contributed by atoms with van der Waals surface area (Å²) >= 11 is 1.48. The van der Waals surface area contributed by atoms with Crippen LogP contribution in [0.4, 0.5) is 0 Å². The number of benzene rings is 1. The Bertz CT molecular complexity index is 739. The molecule has 0 radical (unpaired) electrons. The number of carbonyl (C=O) groups excluding carboxylic acids is 1. The van der Waals surface area contributed by atoms with Gasteiger partial charge < -0.3 is 10.4 Å². The Kier molecular flexibility index (Phi) is 5.34. The van der Waals surface area contributed by atoms with Crippen molar-refractivity contribution in [1.82, 2.24) is 10.3 Å². The number of phenols is 1. The second kappa shape index (κ2) is 7.06. The van der Waals surface area contributed by atoms with Crippen LogP contribution in [0.2, 0.25) is 0 Å². The molecule has 6 heteroatoms. The van der Waals surface area contributed by atoms with E-state index in [1.165, 1.54) is 11.8 Å². The summed E-state index contributed by atoms with van der Waals surface area (Å²) < 4.78 is 0. The Hall–Kier alpha value is -1.98. The van der Waals surface area contributed by atoms with E-state index in [4.69, 9.17) is 0 Å². The second-order valence-electron chi connectivity index (χ2n) is 5.27. The number of aryl methyl sites for hydroxylation is 2. The summed E-state index contributed by atoms with van der Waals surface area (Å²) in [6.07, 6.45) is 5.33. The Balaban J connectivity index is 0.00000192. The lowest BCUT2D eigenvalue weighted by Crippen LogP contribution is -2.18. The average Bonchev–Trinajstić information content (AvgIpc) is 2.87. The maximum atomic E-state index is 12.1. The molecule has 2 heterocycles. The third kappa shape index (κ3) is 3.68. The van der Waals surface area contributed by atoms with Gasteiger partial charge in [0.2, 0.25) is 0 Å². The fourth-order valence-electron chi connectivity index (χ4n) is 2.41. The zero-order valence-electron chi connectivity index (χ0n) is 12.7. The quantitative estimate of drug-likeness (QED) is 0.812. The van der Waals surface area contributed by atoms with E-state index < -0.39 is 0 Å². The van der Waals surface area contributed by atoms with Crippen LogP contribution in [-0.4, -0.2) is 16.0 Å². The first kappa shape index (κ1) is 17.4. The summed E-state index contributed by atoms with van der Waals surface area (Å²) in [6.45, 7) is 3.70. The van der Waals surface area contributed by atoms with Gasteiger partial charge in [0.25, 0.3) is 5.91 Å². The molecule has 1 aliphatic rings. The van der Waals surface area contributed by atoms with E-state index in [0.29, 0.717) is 10.7 Å². The highest BCUT2D eigenvalue weighted by atomic mass is 35.5. The molecule has 1 aliphatic heterocycles. The molecule has 1 saturated heterocycles. The molecule has 1 unspecified atom stereocenters. The van der Waals surface area contributed by atoms with Gasteiger partial charge in [0.05, 0.1) is 4.91 Å². The van der Waals surface area contributed by atoms with Crippen LogP contribution in [0.15, 0.2) is 41.6 Å². The first-order valence-corrected chi connectivity index (χ1v) is 7.82. The van der Waals surface area contributed by atoms with Gasteiger partial charge in [-0.25, -0.2) is 0 Å². The van der Waals surface area contributed by atoms with Gasteiger partial charge in [-0.05, 0) is 54.8 Å². The Morgan fingerprint density at radius 2 is 2.00 bits per heavy atom. The highest BCUT2D eigenvalue weighted by molar-refractivity contribution is 8.04. The van der Waals surface area contributed by atoms with Crippen LogP contribution in [0.25, 0.3) is 6.08 Å². The molecule has 2 N–H and O–H groups in total. The summed E-state index contributed by atoms with van der Waals surface area (Å²) in [4.78, 5) is 16.9. The maximum Gasteiger partial charge on any atom is 0.258 e. The number of aromatic nitrogens is 1. The van der Waals surface area contributed by atoms with Crippen LogP contribution >= 0.6 is 24.2 Å². The highest BCUT2D eigenvalue weighted by Crippen LogP contribution is 2.39. The van der Waals surface area contributed by atoms with Crippen LogP contribution in [0, 0.1) is 13.8 Å². The van der Waals surface area contributed by atoms with Crippen molar-refractivity contribution < 1.29 is 9.90 Å². The summed E-state index contributed by atoms with van der Waals surface area (Å²) in [5.74, 6) is 0.223. The van der Waals surface area contributed by atoms with Crippen molar-refractivity contribution >= 4 is 36.2 Å². The van der Waals surface area contributed by atoms with Crippen LogP contribution in [-0.2, 0) is 4.79 Å². The normalized spacial score (nSPS) is 18.6. The number of rotatable bonds is 2. The van der Waals surface area contributed by atoms with E-state index in [-0.39, 0.29) is 23.7 Å². The first-order valence-electron chi connectivity index (χ1n) is 6.94. The average molecular weight is 349 g/mol. The molecule has 3 rings (SSSR count). The summed E-state index contributed by atoms with van der Waals surface area (Å²) in [6, 6.07) is 7.56. The zero-order valence-corrected chi connectivity index (χ0v) is 14.4. The number of amides is 1. The molecule has 23 heavy (non-hydrogen) atoms. The number of aromatic hydroxyl groups is 1. The van der Waals surface area contributed by atoms with Crippen molar-refractivity contribution in [3.63, 3.8) is 0 Å². The minimum atomic E-state index is -0.105. The van der Waals surface area contributed by atoms with E-state index in [9.17, 15) is 9.90 Å². The molecule has 0 aliphatic carbocycles. The van der Waals surface area contributed by atoms with Crippen molar-refractivity contribution in [2.24, 2.45) is 0 Å². The van der Waals surface area contributed by atoms with E-state index >= 15 is 0 Å². The van der Waals surface area contributed by atoms with E-state index in [1.807, 2.05) is 44.2 Å². The third-order valence-electron chi connectivity index (χ3n) is 3.53. The number of phenolic OH excluding ortho intramolecular Hbond substituents is 1. The Morgan fingerprint density at radius 1 is 1.30 bits per heavy atom. The lowest BCUT2D eigenvalue weighted by molar-refractivity contribution is -0.116. The van der Waals surface area contributed by atoms with Crippen LogP contribution < -0.4 is 5.32 Å². The molecular formula is C17H17ClN2O2S. The third-order valence-corrected chi connectivity index (χ3v) is 4.71. The van der Waals surface area contributed by atoms with Gasteiger partial charge in [-0.15, -0.1) is 12.4 Å². The lowest BCUT2D eigenvalue weighted by atomic mass is 10.1. The van der Waals surface area contributed by atoms with Crippen LogP contribution in [0.3, 0.4) is 0 Å². The number of nitrogens with zero attached hydrogens (tertiary/aromatic N) is 1. The topological polar surface area (TPSA) is 62.2 Å². The number of hydrogen-bond acceptors (Lipinski definition) is 4. The standard InChI is InChI=1S/C17H16N2O2S.ClH/c1-10-6-12(7-11(2)15(10)20)8-14-16(21)19-17(22-14)13-4-3-5-18-9-13;/h3-9,17,20H,1-2H3,(H,19,21);1H. The minimum absolute atomic E-state index is 0.